The quantitative estimate of drug-likeness (QED) is 0.464. The van der Waals surface area contributed by atoms with E-state index in [4.69, 9.17) is 15.3 Å². The van der Waals surface area contributed by atoms with E-state index in [1.807, 2.05) is 27.7 Å². The van der Waals surface area contributed by atoms with E-state index in [9.17, 15) is 4.79 Å². The minimum atomic E-state index is -0.981. The first-order valence-electron chi connectivity index (χ1n) is 5.54. The number of nitrogens with two attached hydrogens (primary N) is 1. The second kappa shape index (κ2) is 21.8. The molecule has 0 saturated carbocycles. The highest BCUT2D eigenvalue weighted by Crippen LogP contribution is 1.85. The normalized spacial score (nSPS) is 6.95. The molecule has 0 bridgehead atoms. The summed E-state index contributed by atoms with van der Waals surface area (Å²) in [6.07, 6.45) is 0.833. The number of thiocarbonyl (C=S) groups is 2. The lowest BCUT2D eigenvalue weighted by Gasteiger charge is -2.15. The van der Waals surface area contributed by atoms with Gasteiger partial charge in [-0.15, -0.1) is 0 Å². The van der Waals surface area contributed by atoms with Crippen molar-refractivity contribution in [3.63, 3.8) is 0 Å². The van der Waals surface area contributed by atoms with Crippen LogP contribution in [0.25, 0.3) is 0 Å². The topological polar surface area (TPSA) is 107 Å². The Morgan fingerprint density at radius 1 is 1.21 bits per heavy atom. The van der Waals surface area contributed by atoms with Crippen LogP contribution in [-0.4, -0.2) is 49.6 Å². The van der Waals surface area contributed by atoms with Crippen molar-refractivity contribution in [2.45, 2.75) is 27.7 Å². The van der Waals surface area contributed by atoms with E-state index in [2.05, 4.69) is 36.7 Å². The summed E-state index contributed by atoms with van der Waals surface area (Å²) in [5.41, 5.74) is 4.40. The van der Waals surface area contributed by atoms with Crippen LogP contribution in [0.1, 0.15) is 27.7 Å². The zero-order valence-electron chi connectivity index (χ0n) is 11.8. The van der Waals surface area contributed by atoms with E-state index in [0.717, 1.165) is 19.2 Å². The number of hydrogen-bond donors (Lipinski definition) is 4. The van der Waals surface area contributed by atoms with Crippen LogP contribution in [0.5, 0.6) is 0 Å². The predicted molar refractivity (Wildman–Crippen MR) is 86.7 cm³/mol. The van der Waals surface area contributed by atoms with Gasteiger partial charge in [0, 0.05) is 19.2 Å². The van der Waals surface area contributed by atoms with Crippen molar-refractivity contribution in [3.05, 3.63) is 12.7 Å². The maximum absolute atomic E-state index is 9.25. The Morgan fingerprint density at radius 3 is 1.42 bits per heavy atom. The summed E-state index contributed by atoms with van der Waals surface area (Å²) in [5, 5.41) is 23.3. The van der Waals surface area contributed by atoms with Crippen LogP contribution in [0.15, 0.2) is 12.7 Å². The fourth-order valence-corrected chi connectivity index (χ4v) is 0.752. The Hall–Kier alpha value is -1.41. The zero-order chi connectivity index (χ0) is 16.4. The van der Waals surface area contributed by atoms with E-state index >= 15 is 0 Å². The molecule has 0 unspecified atom stereocenters. The van der Waals surface area contributed by atoms with E-state index < -0.39 is 11.1 Å². The minimum absolute atomic E-state index is 0.00463. The summed E-state index contributed by atoms with van der Waals surface area (Å²) in [6.45, 7) is 12.4. The molecule has 0 aromatic rings. The Morgan fingerprint density at radius 2 is 1.42 bits per heavy atom. The zero-order valence-corrected chi connectivity index (χ0v) is 13.4. The number of carboxylic acids is 1. The lowest BCUT2D eigenvalue weighted by atomic mass is 10.6. The first-order chi connectivity index (χ1) is 8.72. The Bertz CT molecular complexity index is 253. The molecule has 0 fully saturated rings. The number of hydrogen-bond acceptors (Lipinski definition) is 3. The van der Waals surface area contributed by atoms with Gasteiger partial charge in [-0.3, -0.25) is 0 Å². The maximum atomic E-state index is 9.25. The number of aliphatic hydroxyl groups is 2. The van der Waals surface area contributed by atoms with Crippen LogP contribution >= 0.6 is 24.4 Å². The molecule has 0 aliphatic rings. The Balaban J connectivity index is -0.0000000886. The van der Waals surface area contributed by atoms with E-state index in [-0.39, 0.29) is 5.17 Å². The Labute approximate surface area is 125 Å². The van der Waals surface area contributed by atoms with Crippen molar-refractivity contribution in [2.75, 3.05) is 13.1 Å². The fourth-order valence-electron chi connectivity index (χ4n) is 0.494. The van der Waals surface area contributed by atoms with Gasteiger partial charge in [0.15, 0.2) is 0 Å². The van der Waals surface area contributed by atoms with Crippen molar-refractivity contribution in [1.29, 1.82) is 0 Å². The first kappa shape index (κ1) is 26.2. The third-order valence-corrected chi connectivity index (χ3v) is 1.47. The monoisotopic (exact) mass is 312 g/mol. The van der Waals surface area contributed by atoms with Crippen molar-refractivity contribution < 1.29 is 20.1 Å². The van der Waals surface area contributed by atoms with Gasteiger partial charge in [-0.1, -0.05) is 20.4 Å². The van der Waals surface area contributed by atoms with Crippen molar-refractivity contribution in [3.8, 4) is 0 Å². The number of aliphatic carboxylic acids is 1. The van der Waals surface area contributed by atoms with Crippen LogP contribution < -0.4 is 5.73 Å². The van der Waals surface area contributed by atoms with Gasteiger partial charge >= 0.3 is 5.97 Å². The average molecular weight is 312 g/mol. The lowest BCUT2D eigenvalue weighted by Crippen LogP contribution is -2.28. The lowest BCUT2D eigenvalue weighted by molar-refractivity contribution is -0.131. The molecule has 5 N–H and O–H groups in total. The van der Waals surface area contributed by atoms with Gasteiger partial charge in [0.05, 0.1) is 0 Å². The number of nitrogens with zero attached hydrogens (tertiary/aromatic N) is 1. The molecule has 0 rings (SSSR count). The van der Waals surface area contributed by atoms with Crippen LogP contribution in [0, 0.1) is 0 Å². The van der Waals surface area contributed by atoms with Gasteiger partial charge in [-0.2, -0.15) is 0 Å². The summed E-state index contributed by atoms with van der Waals surface area (Å²) in [7, 11) is 0. The molecule has 0 spiro atoms. The van der Waals surface area contributed by atoms with Gasteiger partial charge in [-0.05, 0) is 38.3 Å². The number of rotatable bonds is 3. The smallest absolute Gasteiger partial charge is 0.327 e. The number of carboxylic acid groups (broad SMARTS) is 1. The van der Waals surface area contributed by atoms with Gasteiger partial charge < -0.3 is 26.0 Å². The highest BCUT2D eigenvalue weighted by atomic mass is 32.1. The predicted octanol–water partition coefficient (Wildman–Crippen LogP) is 2.24. The first-order valence-corrected chi connectivity index (χ1v) is 6.36. The molecule has 0 heterocycles. The summed E-state index contributed by atoms with van der Waals surface area (Å²) in [6, 6.07) is 0. The summed E-state index contributed by atoms with van der Waals surface area (Å²) >= 11 is 8.37. The Kier molecular flexibility index (Phi) is 30.1. The second-order valence-electron chi connectivity index (χ2n) is 2.34. The van der Waals surface area contributed by atoms with Crippen LogP contribution in [0.3, 0.4) is 0 Å². The van der Waals surface area contributed by atoms with Crippen LogP contribution in [0.4, 0.5) is 0 Å². The number of aliphatic hydroxyl groups excluding tert-OH is 2. The van der Waals surface area contributed by atoms with Crippen LogP contribution in [0.2, 0.25) is 0 Å². The molecule has 0 aromatic heterocycles. The molecule has 6 nitrogen and oxygen atoms in total. The van der Waals surface area contributed by atoms with Gasteiger partial charge in [0.25, 0.3) is 10.3 Å². The third-order valence-electron chi connectivity index (χ3n) is 1.21. The third kappa shape index (κ3) is 47.9. The SMILES string of the molecule is C=CC(=O)O.CC.CCN(CC)C(O)=S.NC(O)=S. The molecule has 0 aliphatic heterocycles. The molecule has 0 amide bonds. The van der Waals surface area contributed by atoms with Gasteiger partial charge in [0.1, 0.15) is 0 Å². The highest BCUT2D eigenvalue weighted by molar-refractivity contribution is 7.80. The molecule has 0 aliphatic carbocycles. The van der Waals surface area contributed by atoms with Crippen LogP contribution in [-0.2, 0) is 4.79 Å². The molecule has 0 saturated heterocycles. The largest absolute Gasteiger partial charge is 0.487 e. The highest BCUT2D eigenvalue weighted by Gasteiger charge is 1.98. The molecule has 0 aromatic carbocycles. The van der Waals surface area contributed by atoms with Crippen molar-refractivity contribution in [1.82, 2.24) is 4.90 Å². The van der Waals surface area contributed by atoms with Crippen molar-refractivity contribution in [2.24, 2.45) is 5.73 Å². The molecule has 0 atom stereocenters. The minimum Gasteiger partial charge on any atom is -0.487 e. The average Bonchev–Trinajstić information content (AvgIpc) is 2.32. The molecule has 19 heavy (non-hydrogen) atoms. The molecule has 0 radical (unpaired) electrons. The maximum Gasteiger partial charge on any atom is 0.327 e. The van der Waals surface area contributed by atoms with Crippen molar-refractivity contribution >= 4 is 40.8 Å². The molecule has 114 valence electrons. The van der Waals surface area contributed by atoms with Gasteiger partial charge in [-0.25, -0.2) is 4.79 Å². The second-order valence-corrected chi connectivity index (χ2v) is 3.12. The fraction of sp³-hybridized carbons (Fsp3) is 0.545. The summed E-state index contributed by atoms with van der Waals surface area (Å²) < 4.78 is 0. The summed E-state index contributed by atoms with van der Waals surface area (Å²) in [5.74, 6) is -0.981. The molecule has 8 heteroatoms. The van der Waals surface area contributed by atoms with Gasteiger partial charge in [0.2, 0.25) is 0 Å². The number of carbonyl (C=O) groups is 1. The van der Waals surface area contributed by atoms with E-state index in [1.54, 1.807) is 4.90 Å². The molecular weight excluding hydrogens is 288 g/mol. The summed E-state index contributed by atoms with van der Waals surface area (Å²) in [4.78, 5) is 11.0. The molecular formula is C11H24N2O4S2. The van der Waals surface area contributed by atoms with E-state index in [0.29, 0.717) is 0 Å². The van der Waals surface area contributed by atoms with E-state index in [1.165, 1.54) is 0 Å². The standard InChI is InChI=1S/C5H11NOS.C3H4O2.C2H6.CH3NOS/c1-3-6(4-2)5(7)8;1-2-3(4)5;1-2;2-1(3)4/h3-4H2,1-2H3,(H,7,8);2H,1H2,(H,4,5);1-2H3;(H3,2,3,4).